The summed E-state index contributed by atoms with van der Waals surface area (Å²) >= 11 is 1.80. The number of rotatable bonds is 9. The van der Waals surface area contributed by atoms with Crippen LogP contribution in [0.3, 0.4) is 0 Å². The van der Waals surface area contributed by atoms with Crippen LogP contribution in [0.1, 0.15) is 64.8 Å². The van der Waals surface area contributed by atoms with E-state index in [1.54, 1.807) is 17.8 Å². The number of allylic oxidation sites excluding steroid dienone is 3. The fraction of sp³-hybridized carbons (Fsp3) is 0.355. The Morgan fingerprint density at radius 2 is 1.92 bits per heavy atom. The number of amides is 1. The molecule has 1 amide bonds. The summed E-state index contributed by atoms with van der Waals surface area (Å²) < 4.78 is 2.07. The van der Waals surface area contributed by atoms with Crippen molar-refractivity contribution in [2.75, 3.05) is 5.32 Å². The van der Waals surface area contributed by atoms with Gasteiger partial charge in [0.05, 0.1) is 6.42 Å². The predicted molar refractivity (Wildman–Crippen MR) is 161 cm³/mol. The van der Waals surface area contributed by atoms with Crippen LogP contribution in [0.5, 0.6) is 0 Å². The number of fused-ring (bicyclic) bond motifs is 1. The zero-order valence-corrected chi connectivity index (χ0v) is 24.4. The molecule has 1 atom stereocenters. The Kier molecular flexibility index (Phi) is 8.75. The maximum Gasteiger partial charge on any atom is 0.229 e. The topological polar surface area (TPSA) is 95.2 Å². The van der Waals surface area contributed by atoms with E-state index in [0.717, 1.165) is 39.6 Å². The summed E-state index contributed by atoms with van der Waals surface area (Å²) in [4.78, 5) is 14.2. The van der Waals surface area contributed by atoms with Gasteiger partial charge in [-0.05, 0) is 43.2 Å². The van der Waals surface area contributed by atoms with Gasteiger partial charge in [0.15, 0.2) is 5.65 Å². The molecule has 0 fully saturated rings. The average Bonchev–Trinajstić information content (AvgIpc) is 3.29. The third kappa shape index (κ3) is 7.69. The van der Waals surface area contributed by atoms with E-state index >= 15 is 0 Å². The number of benzene rings is 1. The smallest absolute Gasteiger partial charge is 0.229 e. The van der Waals surface area contributed by atoms with Crippen molar-refractivity contribution in [3.63, 3.8) is 0 Å². The van der Waals surface area contributed by atoms with Gasteiger partial charge in [-0.25, -0.2) is 0 Å². The molecule has 4 rings (SSSR count). The molecular formula is C31H38N6OS. The van der Waals surface area contributed by atoms with E-state index in [1.807, 2.05) is 64.1 Å². The molecule has 0 aliphatic heterocycles. The van der Waals surface area contributed by atoms with E-state index in [9.17, 15) is 4.79 Å². The summed E-state index contributed by atoms with van der Waals surface area (Å²) in [6.45, 7) is 12.2. The monoisotopic (exact) mass is 542 g/mol. The van der Waals surface area contributed by atoms with Crippen molar-refractivity contribution in [2.24, 2.45) is 5.41 Å². The van der Waals surface area contributed by atoms with Crippen LogP contribution in [0.4, 0.5) is 5.69 Å². The number of pyridine rings is 1. The fourth-order valence-corrected chi connectivity index (χ4v) is 5.04. The molecule has 0 radical (unpaired) electrons. The third-order valence-corrected chi connectivity index (χ3v) is 7.57. The average molecular weight is 543 g/mol. The van der Waals surface area contributed by atoms with Gasteiger partial charge in [-0.15, -0.1) is 22.0 Å². The number of aryl methyl sites for hydroxylation is 1. The Labute approximate surface area is 235 Å². The number of aromatic nitrogens is 3. The molecule has 8 heteroatoms. The molecule has 1 aliphatic rings. The first-order chi connectivity index (χ1) is 18.5. The molecule has 2 heterocycles. The number of thioether (sulfide) groups is 1. The van der Waals surface area contributed by atoms with Crippen LogP contribution in [0.2, 0.25) is 0 Å². The lowest BCUT2D eigenvalue weighted by atomic mass is 9.90. The molecule has 39 heavy (non-hydrogen) atoms. The molecule has 0 saturated carbocycles. The van der Waals surface area contributed by atoms with Crippen LogP contribution < -0.4 is 10.6 Å². The van der Waals surface area contributed by atoms with Gasteiger partial charge in [0.2, 0.25) is 5.91 Å². The standard InChI is InChI=1S/C31H38N6OS/c1-20(2)30-36-35-28-16-15-25(19-37(28)30)39-24-13-9-22(10-14-24)17-29(38)34-27(18-26(32)31(4,5)6)33-23-11-7-21(3)8-12-23/h7-13,15-16,18-20,24,32-33H,14,17H2,1-6H3,(H,34,38)/b27-18+,32-26?. The maximum atomic E-state index is 13.0. The number of nitrogens with one attached hydrogen (secondary N) is 3. The molecule has 1 aromatic carbocycles. The number of anilines is 1. The SMILES string of the molecule is Cc1ccc(N/C(=C\C(=N)C(C)(C)C)NC(=O)CC2=CCC(Sc3ccc4nnc(C(C)C)n4c3)C=C2)cc1. The van der Waals surface area contributed by atoms with Gasteiger partial charge in [-0.2, -0.15) is 0 Å². The Balaban J connectivity index is 1.37. The summed E-state index contributed by atoms with van der Waals surface area (Å²) in [6.07, 6.45) is 11.3. The van der Waals surface area contributed by atoms with Crippen molar-refractivity contribution < 1.29 is 4.79 Å². The number of hydrogen-bond acceptors (Lipinski definition) is 6. The summed E-state index contributed by atoms with van der Waals surface area (Å²) in [7, 11) is 0. The highest BCUT2D eigenvalue weighted by molar-refractivity contribution is 8.00. The van der Waals surface area contributed by atoms with Gasteiger partial charge >= 0.3 is 0 Å². The predicted octanol–water partition coefficient (Wildman–Crippen LogP) is 7.03. The molecular weight excluding hydrogens is 504 g/mol. The van der Waals surface area contributed by atoms with Crippen molar-refractivity contribution in [3.8, 4) is 0 Å². The molecule has 204 valence electrons. The lowest BCUT2D eigenvalue weighted by Gasteiger charge is -2.20. The summed E-state index contributed by atoms with van der Waals surface area (Å²) in [5, 5.41) is 23.6. The minimum Gasteiger partial charge on any atom is -0.342 e. The fourth-order valence-electron chi connectivity index (χ4n) is 4.03. The lowest BCUT2D eigenvalue weighted by Crippen LogP contribution is -2.29. The number of carbonyl (C=O) groups is 1. The van der Waals surface area contributed by atoms with Crippen molar-refractivity contribution >= 4 is 34.7 Å². The van der Waals surface area contributed by atoms with Crippen LogP contribution in [-0.2, 0) is 4.79 Å². The Bertz CT molecular complexity index is 1440. The molecule has 0 spiro atoms. The van der Waals surface area contributed by atoms with Gasteiger partial charge in [-0.1, -0.05) is 70.5 Å². The van der Waals surface area contributed by atoms with E-state index in [1.165, 1.54) is 0 Å². The van der Waals surface area contributed by atoms with Crippen molar-refractivity contribution in [1.82, 2.24) is 19.9 Å². The number of hydrogen-bond donors (Lipinski definition) is 3. The van der Waals surface area contributed by atoms with Gasteiger partial charge in [-0.3, -0.25) is 9.20 Å². The van der Waals surface area contributed by atoms with Crippen LogP contribution in [0.25, 0.3) is 5.65 Å². The van der Waals surface area contributed by atoms with Gasteiger partial charge in [0, 0.05) is 45.2 Å². The molecule has 3 aromatic rings. The highest BCUT2D eigenvalue weighted by atomic mass is 32.2. The number of nitrogens with zero attached hydrogens (tertiary/aromatic N) is 3. The van der Waals surface area contributed by atoms with E-state index in [2.05, 4.69) is 63.5 Å². The molecule has 2 aromatic heterocycles. The Hall–Kier alpha value is -3.65. The first kappa shape index (κ1) is 28.4. The first-order valence-corrected chi connectivity index (χ1v) is 14.2. The summed E-state index contributed by atoms with van der Waals surface area (Å²) in [6, 6.07) is 12.0. The summed E-state index contributed by atoms with van der Waals surface area (Å²) in [5.74, 6) is 1.64. The van der Waals surface area contributed by atoms with Gasteiger partial charge < -0.3 is 16.0 Å². The van der Waals surface area contributed by atoms with E-state index < -0.39 is 0 Å². The minimum absolute atomic E-state index is 0.121. The molecule has 1 aliphatic carbocycles. The van der Waals surface area contributed by atoms with Gasteiger partial charge in [0.25, 0.3) is 0 Å². The highest BCUT2D eigenvalue weighted by Crippen LogP contribution is 2.31. The molecule has 3 N–H and O–H groups in total. The van der Waals surface area contributed by atoms with Crippen molar-refractivity contribution in [1.29, 1.82) is 5.41 Å². The van der Waals surface area contributed by atoms with Crippen LogP contribution in [0.15, 0.2) is 83.2 Å². The summed E-state index contributed by atoms with van der Waals surface area (Å²) in [5.41, 5.74) is 3.96. The molecule has 0 saturated heterocycles. The minimum atomic E-state index is -0.332. The van der Waals surface area contributed by atoms with E-state index in [-0.39, 0.29) is 17.7 Å². The number of carbonyl (C=O) groups excluding carboxylic acids is 1. The van der Waals surface area contributed by atoms with Gasteiger partial charge in [0.1, 0.15) is 11.6 Å². The highest BCUT2D eigenvalue weighted by Gasteiger charge is 2.18. The van der Waals surface area contributed by atoms with E-state index in [4.69, 9.17) is 5.41 Å². The lowest BCUT2D eigenvalue weighted by molar-refractivity contribution is -0.119. The second kappa shape index (κ2) is 12.0. The largest absolute Gasteiger partial charge is 0.342 e. The molecule has 0 bridgehead atoms. The van der Waals surface area contributed by atoms with E-state index in [0.29, 0.717) is 22.7 Å². The van der Waals surface area contributed by atoms with Crippen LogP contribution in [0, 0.1) is 17.7 Å². The Morgan fingerprint density at radius 3 is 2.56 bits per heavy atom. The normalized spacial score (nSPS) is 15.9. The zero-order chi connectivity index (χ0) is 28.2. The molecule has 7 nitrogen and oxygen atoms in total. The van der Waals surface area contributed by atoms with Crippen LogP contribution >= 0.6 is 11.8 Å². The molecule has 1 unspecified atom stereocenters. The second-order valence-corrected chi connectivity index (χ2v) is 12.6. The zero-order valence-electron chi connectivity index (χ0n) is 23.6. The van der Waals surface area contributed by atoms with Crippen LogP contribution in [-0.4, -0.2) is 31.5 Å². The van der Waals surface area contributed by atoms with Crippen molar-refractivity contribution in [3.05, 3.63) is 89.7 Å². The quantitative estimate of drug-likeness (QED) is 0.252. The maximum absolute atomic E-state index is 13.0. The third-order valence-electron chi connectivity index (χ3n) is 6.41. The Morgan fingerprint density at radius 1 is 1.18 bits per heavy atom. The second-order valence-electron chi connectivity index (χ2n) is 11.3. The first-order valence-electron chi connectivity index (χ1n) is 13.3. The van der Waals surface area contributed by atoms with Crippen molar-refractivity contribution in [2.45, 2.75) is 70.4 Å².